The quantitative estimate of drug-likeness (QED) is 0.676. The van der Waals surface area contributed by atoms with E-state index in [-0.39, 0.29) is 0 Å². The van der Waals surface area contributed by atoms with Gasteiger partial charge in [0.25, 0.3) is 0 Å². The number of nitrogens with zero attached hydrogens (tertiary/aromatic N) is 4. The van der Waals surface area contributed by atoms with E-state index in [4.69, 9.17) is 0 Å². The molecule has 0 aliphatic carbocycles. The van der Waals surface area contributed by atoms with Crippen molar-refractivity contribution in [2.75, 3.05) is 20.6 Å². The zero-order valence-corrected chi connectivity index (χ0v) is 13.6. The molecular formula is C16H21F2N5. The molecule has 0 amide bonds. The molecule has 0 bridgehead atoms. The van der Waals surface area contributed by atoms with Gasteiger partial charge in [-0.2, -0.15) is 5.10 Å². The van der Waals surface area contributed by atoms with Crippen LogP contribution >= 0.6 is 0 Å². The minimum Gasteiger partial charge on any atom is -0.356 e. The lowest BCUT2D eigenvalue weighted by Crippen LogP contribution is -2.39. The van der Waals surface area contributed by atoms with Crippen molar-refractivity contribution in [2.45, 2.75) is 13.0 Å². The third-order valence-corrected chi connectivity index (χ3v) is 3.46. The van der Waals surface area contributed by atoms with Gasteiger partial charge in [-0.15, -0.1) is 0 Å². The number of rotatable bonds is 5. The van der Waals surface area contributed by atoms with E-state index in [0.29, 0.717) is 31.0 Å². The lowest BCUT2D eigenvalue weighted by Gasteiger charge is -2.21. The van der Waals surface area contributed by atoms with Gasteiger partial charge in [0.05, 0.1) is 6.20 Å². The van der Waals surface area contributed by atoms with E-state index < -0.39 is 11.6 Å². The molecule has 1 aromatic heterocycles. The van der Waals surface area contributed by atoms with Crippen molar-refractivity contribution in [1.82, 2.24) is 20.0 Å². The van der Waals surface area contributed by atoms with Gasteiger partial charge in [-0.25, -0.2) is 8.78 Å². The van der Waals surface area contributed by atoms with Crippen molar-refractivity contribution in [2.24, 2.45) is 12.0 Å². The van der Waals surface area contributed by atoms with E-state index in [1.54, 1.807) is 24.0 Å². The van der Waals surface area contributed by atoms with Gasteiger partial charge >= 0.3 is 0 Å². The van der Waals surface area contributed by atoms with Crippen LogP contribution in [0.1, 0.15) is 11.1 Å². The van der Waals surface area contributed by atoms with Gasteiger partial charge in [-0.1, -0.05) is 12.1 Å². The lowest BCUT2D eigenvalue weighted by atomic mass is 10.1. The summed E-state index contributed by atoms with van der Waals surface area (Å²) in [6, 6.07) is 4.21. The van der Waals surface area contributed by atoms with E-state index in [0.717, 1.165) is 11.6 Å². The van der Waals surface area contributed by atoms with Gasteiger partial charge in [-0.05, 0) is 18.1 Å². The minimum absolute atomic E-state index is 0.350. The molecule has 1 heterocycles. The van der Waals surface area contributed by atoms with Crippen LogP contribution in [0.5, 0.6) is 0 Å². The van der Waals surface area contributed by atoms with Gasteiger partial charge in [0.1, 0.15) is 0 Å². The molecule has 23 heavy (non-hydrogen) atoms. The number of nitrogens with one attached hydrogen (secondary N) is 1. The SMILES string of the molecule is CN=C(NCCc1cccc(F)c1F)N(C)Cc1cnn(C)c1. The van der Waals surface area contributed by atoms with Crippen molar-refractivity contribution in [3.8, 4) is 0 Å². The molecular weight excluding hydrogens is 300 g/mol. The highest BCUT2D eigenvalue weighted by Gasteiger charge is 2.10. The molecule has 0 saturated heterocycles. The second kappa shape index (κ2) is 7.71. The smallest absolute Gasteiger partial charge is 0.193 e. The van der Waals surface area contributed by atoms with Crippen LogP contribution in [0.4, 0.5) is 8.78 Å². The second-order valence-corrected chi connectivity index (χ2v) is 5.32. The zero-order chi connectivity index (χ0) is 16.8. The van der Waals surface area contributed by atoms with Crippen molar-refractivity contribution < 1.29 is 8.78 Å². The molecule has 124 valence electrons. The fourth-order valence-corrected chi connectivity index (χ4v) is 2.34. The van der Waals surface area contributed by atoms with Crippen LogP contribution in [-0.2, 0) is 20.0 Å². The Morgan fingerprint density at radius 1 is 1.39 bits per heavy atom. The van der Waals surface area contributed by atoms with Gasteiger partial charge in [-0.3, -0.25) is 9.67 Å². The molecule has 1 aromatic carbocycles. The lowest BCUT2D eigenvalue weighted by molar-refractivity contribution is 0.474. The standard InChI is InChI=1S/C16H21F2N5/c1-19-16(22(2)10-12-9-21-23(3)11-12)20-8-7-13-5-4-6-14(17)15(13)18/h4-6,9,11H,7-8,10H2,1-3H3,(H,19,20). The Bertz CT molecular complexity index is 681. The maximum absolute atomic E-state index is 13.6. The van der Waals surface area contributed by atoms with Crippen molar-refractivity contribution in [3.63, 3.8) is 0 Å². The molecule has 0 atom stereocenters. The van der Waals surface area contributed by atoms with Crippen molar-refractivity contribution >= 4 is 5.96 Å². The first-order valence-corrected chi connectivity index (χ1v) is 7.33. The summed E-state index contributed by atoms with van der Waals surface area (Å²) in [4.78, 5) is 6.14. The first-order valence-electron chi connectivity index (χ1n) is 7.33. The molecule has 0 fully saturated rings. The number of hydrogen-bond donors (Lipinski definition) is 1. The minimum atomic E-state index is -0.819. The molecule has 0 unspecified atom stereocenters. The van der Waals surface area contributed by atoms with Crippen molar-refractivity contribution in [1.29, 1.82) is 0 Å². The van der Waals surface area contributed by atoms with E-state index in [2.05, 4.69) is 15.4 Å². The van der Waals surface area contributed by atoms with Crippen molar-refractivity contribution in [3.05, 3.63) is 53.4 Å². The summed E-state index contributed by atoms with van der Waals surface area (Å²) in [5, 5.41) is 7.28. The Kier molecular flexibility index (Phi) is 5.67. The first kappa shape index (κ1) is 16.9. The Hall–Kier alpha value is -2.44. The summed E-state index contributed by atoms with van der Waals surface area (Å²) >= 11 is 0. The van der Waals surface area contributed by atoms with Crippen LogP contribution < -0.4 is 5.32 Å². The molecule has 0 radical (unpaired) electrons. The average Bonchev–Trinajstić information content (AvgIpc) is 2.92. The van der Waals surface area contributed by atoms with Crippen LogP contribution in [0.25, 0.3) is 0 Å². The maximum Gasteiger partial charge on any atom is 0.193 e. The summed E-state index contributed by atoms with van der Waals surface area (Å²) in [5.74, 6) is -0.917. The maximum atomic E-state index is 13.6. The predicted molar refractivity (Wildman–Crippen MR) is 86.1 cm³/mol. The third-order valence-electron chi connectivity index (χ3n) is 3.46. The van der Waals surface area contributed by atoms with Gasteiger partial charge in [0.15, 0.2) is 17.6 Å². The highest BCUT2D eigenvalue weighted by Crippen LogP contribution is 2.11. The summed E-state index contributed by atoms with van der Waals surface area (Å²) in [6.45, 7) is 1.12. The molecule has 0 spiro atoms. The number of aliphatic imine (C=N–C) groups is 1. The Balaban J connectivity index is 1.88. The number of benzene rings is 1. The monoisotopic (exact) mass is 321 g/mol. The normalized spacial score (nSPS) is 11.6. The second-order valence-electron chi connectivity index (χ2n) is 5.32. The van der Waals surface area contributed by atoms with Crippen LogP contribution in [0.2, 0.25) is 0 Å². The number of aryl methyl sites for hydroxylation is 1. The first-order chi connectivity index (χ1) is 11.0. The molecule has 0 aliphatic rings. The predicted octanol–water partition coefficient (Wildman–Crippen LogP) is 1.95. The molecule has 0 aliphatic heterocycles. The molecule has 1 N–H and O–H groups in total. The van der Waals surface area contributed by atoms with E-state index in [1.165, 1.54) is 6.07 Å². The summed E-state index contributed by atoms with van der Waals surface area (Å²) < 4.78 is 28.5. The summed E-state index contributed by atoms with van der Waals surface area (Å²) in [5.41, 5.74) is 1.41. The van der Waals surface area contributed by atoms with Crippen LogP contribution in [0.15, 0.2) is 35.6 Å². The number of hydrogen-bond acceptors (Lipinski definition) is 2. The number of halogens is 2. The summed E-state index contributed by atoms with van der Waals surface area (Å²) in [7, 11) is 5.46. The molecule has 2 aromatic rings. The van der Waals surface area contributed by atoms with Gasteiger partial charge in [0.2, 0.25) is 0 Å². The Labute approximate surface area is 134 Å². The molecule has 5 nitrogen and oxygen atoms in total. The third kappa shape index (κ3) is 4.51. The van der Waals surface area contributed by atoms with E-state index in [1.807, 2.05) is 25.2 Å². The number of guanidine groups is 1. The van der Waals surface area contributed by atoms with Crippen LogP contribution in [-0.4, -0.2) is 41.3 Å². The van der Waals surface area contributed by atoms with Gasteiger partial charge < -0.3 is 10.2 Å². The fraction of sp³-hybridized carbons (Fsp3) is 0.375. The van der Waals surface area contributed by atoms with E-state index >= 15 is 0 Å². The Morgan fingerprint density at radius 2 is 2.17 bits per heavy atom. The highest BCUT2D eigenvalue weighted by molar-refractivity contribution is 5.79. The van der Waals surface area contributed by atoms with Gasteiger partial charge in [0, 0.05) is 46.0 Å². The average molecular weight is 321 g/mol. The van der Waals surface area contributed by atoms with Crippen LogP contribution in [0, 0.1) is 11.6 Å². The number of aromatic nitrogens is 2. The largest absolute Gasteiger partial charge is 0.356 e. The summed E-state index contributed by atoms with van der Waals surface area (Å²) in [6.07, 6.45) is 4.11. The molecule has 7 heteroatoms. The Morgan fingerprint density at radius 3 is 2.83 bits per heavy atom. The highest BCUT2D eigenvalue weighted by atomic mass is 19.2. The van der Waals surface area contributed by atoms with Crippen LogP contribution in [0.3, 0.4) is 0 Å². The molecule has 2 rings (SSSR count). The topological polar surface area (TPSA) is 45.5 Å². The fourth-order valence-electron chi connectivity index (χ4n) is 2.34. The molecule has 0 saturated carbocycles. The zero-order valence-electron chi connectivity index (χ0n) is 13.6. The van der Waals surface area contributed by atoms with E-state index in [9.17, 15) is 8.78 Å².